The number of methoxy groups -OCH3 is 1. The lowest BCUT2D eigenvalue weighted by Crippen LogP contribution is -2.06. The highest BCUT2D eigenvalue weighted by atomic mass is 19.1. The van der Waals surface area contributed by atoms with Gasteiger partial charge in [-0.15, -0.1) is 6.42 Å². The maximum atomic E-state index is 12.6. The van der Waals surface area contributed by atoms with E-state index in [-0.39, 0.29) is 11.3 Å². The Morgan fingerprint density at radius 3 is 3.00 bits per heavy atom. The van der Waals surface area contributed by atoms with Gasteiger partial charge >= 0.3 is 5.97 Å². The average molecular weight is 179 g/mol. The van der Waals surface area contributed by atoms with Crippen LogP contribution in [0.25, 0.3) is 0 Å². The van der Waals surface area contributed by atoms with Crippen LogP contribution >= 0.6 is 0 Å². The molecule has 1 aromatic rings. The molecule has 0 aliphatic rings. The van der Waals surface area contributed by atoms with Crippen LogP contribution in [0.3, 0.4) is 0 Å². The van der Waals surface area contributed by atoms with Gasteiger partial charge in [0.25, 0.3) is 0 Å². The molecule has 0 N–H and O–H groups in total. The minimum absolute atomic E-state index is 0.0370. The highest BCUT2D eigenvalue weighted by Gasteiger charge is 2.12. The van der Waals surface area contributed by atoms with Crippen LogP contribution in [0.2, 0.25) is 0 Å². The fourth-order valence-electron chi connectivity index (χ4n) is 0.820. The molecule has 0 saturated carbocycles. The highest BCUT2D eigenvalue weighted by Crippen LogP contribution is 2.08. The Hall–Kier alpha value is -1.89. The monoisotopic (exact) mass is 179 g/mol. The van der Waals surface area contributed by atoms with Crippen LogP contribution in [-0.4, -0.2) is 18.1 Å². The first-order valence-corrected chi connectivity index (χ1v) is 3.39. The second-order valence-corrected chi connectivity index (χ2v) is 2.19. The number of esters is 1. The zero-order chi connectivity index (χ0) is 9.84. The number of carbonyl (C=O) groups excluding carboxylic acids is 1. The van der Waals surface area contributed by atoms with Crippen molar-refractivity contribution < 1.29 is 13.9 Å². The summed E-state index contributed by atoms with van der Waals surface area (Å²) in [5, 5.41) is 0. The standard InChI is InChI=1S/C9H6FNO2/c1-3-8-7(9(12)13-2)4-6(10)5-11-8/h1,4-5H,2H3. The van der Waals surface area contributed by atoms with E-state index >= 15 is 0 Å². The molecule has 4 heteroatoms. The second kappa shape index (κ2) is 3.68. The first-order chi connectivity index (χ1) is 6.19. The molecule has 0 aromatic carbocycles. The van der Waals surface area contributed by atoms with Crippen molar-refractivity contribution in [3.8, 4) is 12.3 Å². The highest BCUT2D eigenvalue weighted by molar-refractivity contribution is 5.91. The Morgan fingerprint density at radius 2 is 2.46 bits per heavy atom. The van der Waals surface area contributed by atoms with E-state index in [0.29, 0.717) is 0 Å². The number of nitrogens with zero attached hydrogens (tertiary/aromatic N) is 1. The van der Waals surface area contributed by atoms with Gasteiger partial charge in [0.05, 0.1) is 18.9 Å². The van der Waals surface area contributed by atoms with Crippen molar-refractivity contribution in [2.75, 3.05) is 7.11 Å². The average Bonchev–Trinajstić information content (AvgIpc) is 2.16. The van der Waals surface area contributed by atoms with Crippen molar-refractivity contribution in [2.45, 2.75) is 0 Å². The first-order valence-electron chi connectivity index (χ1n) is 3.39. The van der Waals surface area contributed by atoms with E-state index in [0.717, 1.165) is 12.3 Å². The second-order valence-electron chi connectivity index (χ2n) is 2.19. The van der Waals surface area contributed by atoms with Gasteiger partial charge in [-0.05, 0) is 12.0 Å². The summed E-state index contributed by atoms with van der Waals surface area (Å²) in [5.74, 6) is 0.839. The smallest absolute Gasteiger partial charge is 0.340 e. The molecule has 1 rings (SSSR count). The summed E-state index contributed by atoms with van der Waals surface area (Å²) in [6, 6.07) is 0.994. The van der Waals surface area contributed by atoms with Crippen LogP contribution in [-0.2, 0) is 4.74 Å². The Bertz CT molecular complexity index is 382. The van der Waals surface area contributed by atoms with Crippen molar-refractivity contribution in [3.63, 3.8) is 0 Å². The minimum atomic E-state index is -0.694. The largest absolute Gasteiger partial charge is 0.465 e. The summed E-state index contributed by atoms with van der Waals surface area (Å²) >= 11 is 0. The summed E-state index contributed by atoms with van der Waals surface area (Å²) in [6.07, 6.45) is 6.00. The summed E-state index contributed by atoms with van der Waals surface area (Å²) < 4.78 is 17.0. The molecule has 0 spiro atoms. The van der Waals surface area contributed by atoms with Gasteiger partial charge in [-0.3, -0.25) is 0 Å². The van der Waals surface area contributed by atoms with E-state index in [2.05, 4.69) is 15.6 Å². The van der Waals surface area contributed by atoms with Gasteiger partial charge in [-0.1, -0.05) is 0 Å². The lowest BCUT2D eigenvalue weighted by molar-refractivity contribution is 0.0599. The number of carbonyl (C=O) groups is 1. The summed E-state index contributed by atoms with van der Waals surface area (Å²) in [5.41, 5.74) is 0.0400. The molecule has 0 aliphatic carbocycles. The fourth-order valence-corrected chi connectivity index (χ4v) is 0.820. The number of rotatable bonds is 1. The molecule has 0 bridgehead atoms. The molecule has 0 amide bonds. The van der Waals surface area contributed by atoms with E-state index in [1.165, 1.54) is 7.11 Å². The van der Waals surface area contributed by atoms with Crippen molar-refractivity contribution in [3.05, 3.63) is 29.3 Å². The van der Waals surface area contributed by atoms with Crippen molar-refractivity contribution in [1.82, 2.24) is 4.98 Å². The molecule has 0 aliphatic heterocycles. The molecule has 0 fully saturated rings. The molecule has 1 aromatic heterocycles. The molecule has 0 atom stereocenters. The molecular weight excluding hydrogens is 173 g/mol. The van der Waals surface area contributed by atoms with E-state index in [4.69, 9.17) is 6.42 Å². The summed E-state index contributed by atoms with van der Waals surface area (Å²) in [4.78, 5) is 14.6. The van der Waals surface area contributed by atoms with E-state index < -0.39 is 11.8 Å². The van der Waals surface area contributed by atoms with Gasteiger partial charge in [-0.25, -0.2) is 14.2 Å². The van der Waals surface area contributed by atoms with Crippen molar-refractivity contribution in [2.24, 2.45) is 0 Å². The molecule has 13 heavy (non-hydrogen) atoms. The quantitative estimate of drug-likeness (QED) is 0.476. The van der Waals surface area contributed by atoms with Crippen LogP contribution < -0.4 is 0 Å². The predicted octanol–water partition coefficient (Wildman–Crippen LogP) is 0.989. The molecule has 0 unspecified atom stereocenters. The topological polar surface area (TPSA) is 39.2 Å². The van der Waals surface area contributed by atoms with Crippen molar-refractivity contribution in [1.29, 1.82) is 0 Å². The number of pyridine rings is 1. The van der Waals surface area contributed by atoms with Gasteiger partial charge in [-0.2, -0.15) is 0 Å². The molecule has 0 radical (unpaired) electrons. The molecule has 3 nitrogen and oxygen atoms in total. The van der Waals surface area contributed by atoms with Crippen molar-refractivity contribution >= 4 is 5.97 Å². The summed E-state index contributed by atoms with van der Waals surface area (Å²) in [6.45, 7) is 0. The number of hydrogen-bond donors (Lipinski definition) is 0. The zero-order valence-corrected chi connectivity index (χ0v) is 6.87. The van der Waals surface area contributed by atoms with E-state index in [9.17, 15) is 9.18 Å². The molecule has 1 heterocycles. The lowest BCUT2D eigenvalue weighted by atomic mass is 10.2. The van der Waals surface area contributed by atoms with Gasteiger partial charge in [0.2, 0.25) is 0 Å². The third kappa shape index (κ3) is 1.82. The predicted molar refractivity (Wildman–Crippen MR) is 43.5 cm³/mol. The molecule has 66 valence electrons. The van der Waals surface area contributed by atoms with Gasteiger partial charge in [0.15, 0.2) is 0 Å². The van der Waals surface area contributed by atoms with E-state index in [1.54, 1.807) is 0 Å². The maximum absolute atomic E-state index is 12.6. The van der Waals surface area contributed by atoms with Crippen LogP contribution in [0.4, 0.5) is 4.39 Å². The van der Waals surface area contributed by atoms with E-state index in [1.807, 2.05) is 0 Å². The molecule has 0 saturated heterocycles. The SMILES string of the molecule is C#Cc1ncc(F)cc1C(=O)OC. The van der Waals surface area contributed by atoms with Gasteiger partial charge < -0.3 is 4.74 Å². The Balaban J connectivity index is 3.25. The lowest BCUT2D eigenvalue weighted by Gasteiger charge is -2.00. The first kappa shape index (κ1) is 9.20. The third-order valence-electron chi connectivity index (χ3n) is 1.40. The van der Waals surface area contributed by atoms with Crippen LogP contribution in [0, 0.1) is 18.2 Å². The Morgan fingerprint density at radius 1 is 1.77 bits per heavy atom. The van der Waals surface area contributed by atoms with Crippen LogP contribution in [0.5, 0.6) is 0 Å². The van der Waals surface area contributed by atoms with Gasteiger partial charge in [0.1, 0.15) is 11.5 Å². The van der Waals surface area contributed by atoms with Gasteiger partial charge in [0, 0.05) is 0 Å². The molecular formula is C9H6FNO2. The van der Waals surface area contributed by atoms with Crippen LogP contribution in [0.1, 0.15) is 16.1 Å². The number of terminal acetylenes is 1. The fraction of sp³-hybridized carbons (Fsp3) is 0.111. The van der Waals surface area contributed by atoms with Crippen LogP contribution in [0.15, 0.2) is 12.3 Å². The Kier molecular flexibility index (Phi) is 2.60. The normalized spacial score (nSPS) is 9.00. The maximum Gasteiger partial charge on any atom is 0.340 e. The summed E-state index contributed by atoms with van der Waals surface area (Å²) in [7, 11) is 1.19. The third-order valence-corrected chi connectivity index (χ3v) is 1.40. The number of hydrogen-bond acceptors (Lipinski definition) is 3. The number of aromatic nitrogens is 1. The number of halogens is 1. The number of ether oxygens (including phenoxy) is 1. The Labute approximate surface area is 74.6 Å². The minimum Gasteiger partial charge on any atom is -0.465 e. The zero-order valence-electron chi connectivity index (χ0n) is 6.87.